The molecule has 1 aromatic carbocycles. The van der Waals surface area contributed by atoms with Gasteiger partial charge < -0.3 is 10.2 Å². The number of hydroxylamine groups is 2. The van der Waals surface area contributed by atoms with Crippen LogP contribution in [0.1, 0.15) is 19.3 Å². The lowest BCUT2D eigenvalue weighted by Crippen LogP contribution is -2.43. The number of hydrogen-bond acceptors (Lipinski definition) is 9. The van der Waals surface area contributed by atoms with Crippen LogP contribution in [0.2, 0.25) is 0 Å². The van der Waals surface area contributed by atoms with Crippen LogP contribution in [-0.4, -0.2) is 46.8 Å². The van der Waals surface area contributed by atoms with Crippen LogP contribution in [0.5, 0.6) is 0 Å². The van der Waals surface area contributed by atoms with E-state index < -0.39 is 34.7 Å². The second-order valence-corrected chi connectivity index (χ2v) is 6.25. The highest BCUT2D eigenvalue weighted by molar-refractivity contribution is 7.97. The van der Waals surface area contributed by atoms with Crippen molar-refractivity contribution >= 4 is 41.3 Å². The second-order valence-electron chi connectivity index (χ2n) is 5.37. The molecule has 12 heteroatoms. The second kappa shape index (κ2) is 9.09. The van der Waals surface area contributed by atoms with Gasteiger partial charge in [-0.1, -0.05) is 12.1 Å². The molecule has 1 heterocycles. The van der Waals surface area contributed by atoms with Gasteiger partial charge in [0, 0.05) is 26.0 Å². The molecule has 11 nitrogen and oxygen atoms in total. The number of rotatable bonds is 8. The molecule has 1 fully saturated rings. The van der Waals surface area contributed by atoms with Gasteiger partial charge in [-0.2, -0.15) is 0 Å². The average molecular weight is 396 g/mol. The number of para-hydroxylation sites is 1. The van der Waals surface area contributed by atoms with Crippen LogP contribution in [0, 0.1) is 10.1 Å². The van der Waals surface area contributed by atoms with E-state index in [1.54, 1.807) is 6.07 Å². The van der Waals surface area contributed by atoms with Crippen molar-refractivity contribution in [2.45, 2.75) is 30.2 Å². The van der Waals surface area contributed by atoms with Crippen LogP contribution in [0.25, 0.3) is 0 Å². The van der Waals surface area contributed by atoms with Crippen molar-refractivity contribution in [3.8, 4) is 0 Å². The molecule has 1 unspecified atom stereocenters. The fraction of sp³-hybridized carbons (Fsp3) is 0.333. The number of carbonyl (C=O) groups excluding carboxylic acids is 4. The molecule has 1 aliphatic rings. The third-order valence-corrected chi connectivity index (χ3v) is 4.48. The molecule has 0 bridgehead atoms. The van der Waals surface area contributed by atoms with E-state index in [9.17, 15) is 29.3 Å². The standard InChI is InChI=1S/C15H16N4O7S/c1-16-12(20)8-9(15(23)26-18-13(21)6-7-14(18)22)17-27-11-5-3-2-4-10(11)19(24)25/h2-5,9,17H,6-8H2,1H3,(H,16,20). The van der Waals surface area contributed by atoms with Crippen LogP contribution in [0.4, 0.5) is 5.69 Å². The van der Waals surface area contributed by atoms with Crippen LogP contribution in [-0.2, 0) is 24.0 Å². The summed E-state index contributed by atoms with van der Waals surface area (Å²) in [5, 5.41) is 13.8. The maximum Gasteiger partial charge on any atom is 0.351 e. The monoisotopic (exact) mass is 396 g/mol. The molecular weight excluding hydrogens is 380 g/mol. The maximum absolute atomic E-state index is 12.3. The SMILES string of the molecule is CNC(=O)CC(NSc1ccccc1[N+](=O)[O-])C(=O)ON1C(=O)CCC1=O. The number of nitro groups is 1. The van der Waals surface area contributed by atoms with E-state index in [2.05, 4.69) is 10.0 Å². The van der Waals surface area contributed by atoms with Crippen LogP contribution < -0.4 is 10.0 Å². The first-order chi connectivity index (χ1) is 12.8. The predicted molar refractivity (Wildman–Crippen MR) is 91.7 cm³/mol. The molecule has 1 saturated heterocycles. The summed E-state index contributed by atoms with van der Waals surface area (Å²) in [4.78, 5) is 62.6. The Labute approximate surface area is 157 Å². The Hall–Kier alpha value is -2.99. The molecule has 27 heavy (non-hydrogen) atoms. The normalized spacial score (nSPS) is 14.8. The molecule has 0 saturated carbocycles. The van der Waals surface area contributed by atoms with Crippen molar-refractivity contribution in [2.24, 2.45) is 0 Å². The fourth-order valence-corrected chi connectivity index (χ4v) is 2.94. The predicted octanol–water partition coefficient (Wildman–Crippen LogP) is 0.303. The third kappa shape index (κ3) is 5.24. The van der Waals surface area contributed by atoms with Gasteiger partial charge in [-0.15, -0.1) is 5.06 Å². The summed E-state index contributed by atoms with van der Waals surface area (Å²) in [5.41, 5.74) is -0.188. The zero-order valence-electron chi connectivity index (χ0n) is 14.2. The summed E-state index contributed by atoms with van der Waals surface area (Å²) < 4.78 is 2.63. The van der Waals surface area contributed by atoms with Gasteiger partial charge in [-0.05, 0) is 18.0 Å². The van der Waals surface area contributed by atoms with Gasteiger partial charge in [0.05, 0.1) is 11.3 Å². The van der Waals surface area contributed by atoms with Gasteiger partial charge >= 0.3 is 5.97 Å². The van der Waals surface area contributed by atoms with Gasteiger partial charge in [0.15, 0.2) is 0 Å². The summed E-state index contributed by atoms with van der Waals surface area (Å²) >= 11 is 0.763. The fourth-order valence-electron chi connectivity index (χ4n) is 2.10. The Morgan fingerprint density at radius 1 is 1.30 bits per heavy atom. The Morgan fingerprint density at radius 2 is 1.93 bits per heavy atom. The van der Waals surface area contributed by atoms with Crippen molar-refractivity contribution in [1.82, 2.24) is 15.1 Å². The minimum Gasteiger partial charge on any atom is -0.359 e. The summed E-state index contributed by atoms with van der Waals surface area (Å²) in [6.45, 7) is 0. The van der Waals surface area contributed by atoms with Gasteiger partial charge in [-0.3, -0.25) is 24.5 Å². The Morgan fingerprint density at radius 3 is 2.52 bits per heavy atom. The van der Waals surface area contributed by atoms with E-state index in [1.165, 1.54) is 25.2 Å². The van der Waals surface area contributed by atoms with Crippen LogP contribution in [0.3, 0.4) is 0 Å². The number of carbonyl (C=O) groups is 4. The first-order valence-corrected chi connectivity index (χ1v) is 8.59. The molecule has 1 atom stereocenters. The Kier molecular flexibility index (Phi) is 6.85. The highest BCUT2D eigenvalue weighted by atomic mass is 32.2. The number of nitro benzene ring substituents is 1. The molecular formula is C15H16N4O7S. The highest BCUT2D eigenvalue weighted by Gasteiger charge is 2.35. The van der Waals surface area contributed by atoms with Gasteiger partial charge in [0.1, 0.15) is 10.9 Å². The van der Waals surface area contributed by atoms with Crippen molar-refractivity contribution in [3.05, 3.63) is 34.4 Å². The van der Waals surface area contributed by atoms with E-state index >= 15 is 0 Å². The summed E-state index contributed by atoms with van der Waals surface area (Å²) in [5.74, 6) is -2.85. The minimum atomic E-state index is -1.25. The quantitative estimate of drug-likeness (QED) is 0.274. The number of nitrogens with zero attached hydrogens (tertiary/aromatic N) is 2. The molecule has 0 radical (unpaired) electrons. The zero-order chi connectivity index (χ0) is 20.0. The van der Waals surface area contributed by atoms with E-state index in [4.69, 9.17) is 4.84 Å². The number of imide groups is 1. The maximum atomic E-state index is 12.3. The number of benzene rings is 1. The van der Waals surface area contributed by atoms with Crippen molar-refractivity contribution in [3.63, 3.8) is 0 Å². The summed E-state index contributed by atoms with van der Waals surface area (Å²) in [7, 11) is 1.37. The average Bonchev–Trinajstić information content (AvgIpc) is 2.96. The zero-order valence-corrected chi connectivity index (χ0v) is 15.0. The molecule has 3 amide bonds. The number of amides is 3. The third-order valence-electron chi connectivity index (χ3n) is 3.51. The Bertz CT molecular complexity index is 769. The highest BCUT2D eigenvalue weighted by Crippen LogP contribution is 2.27. The molecule has 2 rings (SSSR count). The largest absolute Gasteiger partial charge is 0.359 e. The van der Waals surface area contributed by atoms with Gasteiger partial charge in [-0.25, -0.2) is 9.52 Å². The van der Waals surface area contributed by atoms with Gasteiger partial charge in [0.25, 0.3) is 17.5 Å². The summed E-state index contributed by atoms with van der Waals surface area (Å²) in [6.07, 6.45) is -0.492. The molecule has 2 N–H and O–H groups in total. The Balaban J connectivity index is 2.11. The molecule has 144 valence electrons. The van der Waals surface area contributed by atoms with E-state index in [1.807, 2.05) is 0 Å². The van der Waals surface area contributed by atoms with E-state index in [-0.39, 0.29) is 29.8 Å². The molecule has 0 aliphatic carbocycles. The number of nitrogens with one attached hydrogen (secondary N) is 2. The molecule has 1 aromatic rings. The molecule has 0 spiro atoms. The first kappa shape index (κ1) is 20.3. The lowest BCUT2D eigenvalue weighted by atomic mass is 10.2. The summed E-state index contributed by atoms with van der Waals surface area (Å²) in [6, 6.07) is 4.56. The first-order valence-electron chi connectivity index (χ1n) is 7.77. The smallest absolute Gasteiger partial charge is 0.351 e. The van der Waals surface area contributed by atoms with Crippen LogP contribution in [0.15, 0.2) is 29.2 Å². The molecule has 1 aliphatic heterocycles. The number of hydrogen-bond donors (Lipinski definition) is 2. The van der Waals surface area contributed by atoms with E-state index in [0.29, 0.717) is 5.06 Å². The minimum absolute atomic E-state index is 0.0649. The topological polar surface area (TPSA) is 148 Å². The van der Waals surface area contributed by atoms with Gasteiger partial charge in [0.2, 0.25) is 5.91 Å². The molecule has 0 aromatic heterocycles. The van der Waals surface area contributed by atoms with E-state index in [0.717, 1.165) is 11.9 Å². The van der Waals surface area contributed by atoms with Crippen molar-refractivity contribution in [1.29, 1.82) is 0 Å². The van der Waals surface area contributed by atoms with Crippen molar-refractivity contribution < 1.29 is 28.9 Å². The lowest BCUT2D eigenvalue weighted by Gasteiger charge is -2.19. The van der Waals surface area contributed by atoms with Crippen molar-refractivity contribution in [2.75, 3.05) is 7.05 Å². The lowest BCUT2D eigenvalue weighted by molar-refractivity contribution is -0.387. The van der Waals surface area contributed by atoms with Crippen LogP contribution >= 0.6 is 11.9 Å².